The van der Waals surface area contributed by atoms with Crippen molar-refractivity contribution in [2.24, 2.45) is 13.0 Å². The number of hydrogen-bond donors (Lipinski definition) is 1. The Morgan fingerprint density at radius 3 is 2.59 bits per heavy atom. The zero-order valence-electron chi connectivity index (χ0n) is 18.4. The van der Waals surface area contributed by atoms with Crippen LogP contribution in [0.5, 0.6) is 11.5 Å². The monoisotopic (exact) mass is 439 g/mol. The molecule has 0 bridgehead atoms. The number of amides is 2. The summed E-state index contributed by atoms with van der Waals surface area (Å²) in [5, 5.41) is 7.30. The minimum atomic E-state index is -0.0929. The normalized spacial score (nSPS) is 18.8. The number of nitrogens with zero attached hydrogens (tertiary/aromatic N) is 4. The van der Waals surface area contributed by atoms with Crippen molar-refractivity contribution in [1.82, 2.24) is 19.6 Å². The fourth-order valence-corrected chi connectivity index (χ4v) is 4.67. The smallest absolute Gasteiger partial charge is 0.274 e. The Morgan fingerprint density at radius 1 is 1.06 bits per heavy atom. The van der Waals surface area contributed by atoms with E-state index in [2.05, 4.69) is 21.4 Å². The fourth-order valence-electron chi connectivity index (χ4n) is 4.67. The Kier molecular flexibility index (Phi) is 5.73. The predicted octanol–water partition coefficient (Wildman–Crippen LogP) is 2.24. The molecule has 9 nitrogen and oxygen atoms in total. The number of fused-ring (bicyclic) bond motifs is 1. The number of piperazine rings is 1. The van der Waals surface area contributed by atoms with Crippen LogP contribution in [0.4, 0.5) is 5.82 Å². The van der Waals surface area contributed by atoms with Gasteiger partial charge in [-0.15, -0.1) is 0 Å². The first-order chi connectivity index (χ1) is 15.6. The van der Waals surface area contributed by atoms with E-state index in [1.807, 2.05) is 17.0 Å². The summed E-state index contributed by atoms with van der Waals surface area (Å²) in [5.41, 5.74) is 1.54. The van der Waals surface area contributed by atoms with Crippen LogP contribution in [0, 0.1) is 5.92 Å². The van der Waals surface area contributed by atoms with Crippen molar-refractivity contribution >= 4 is 17.6 Å². The molecule has 0 unspecified atom stereocenters. The van der Waals surface area contributed by atoms with Gasteiger partial charge in [0.1, 0.15) is 5.82 Å². The van der Waals surface area contributed by atoms with Crippen LogP contribution >= 0.6 is 0 Å². The lowest BCUT2D eigenvalue weighted by Gasteiger charge is -2.34. The number of benzene rings is 1. The highest BCUT2D eigenvalue weighted by molar-refractivity contribution is 5.96. The number of carbonyl (C=O) groups excluding carboxylic acids is 2. The highest BCUT2D eigenvalue weighted by atomic mass is 16.7. The number of anilines is 1. The maximum atomic E-state index is 13.0. The van der Waals surface area contributed by atoms with Crippen molar-refractivity contribution in [3.8, 4) is 11.5 Å². The molecule has 170 valence electrons. The van der Waals surface area contributed by atoms with Crippen molar-refractivity contribution in [1.29, 1.82) is 0 Å². The van der Waals surface area contributed by atoms with E-state index >= 15 is 0 Å². The summed E-state index contributed by atoms with van der Waals surface area (Å²) in [7, 11) is 1.75. The van der Waals surface area contributed by atoms with Crippen molar-refractivity contribution in [3.05, 3.63) is 35.5 Å². The number of aryl methyl sites for hydroxylation is 1. The number of ether oxygens (including phenoxy) is 2. The number of hydrogen-bond acceptors (Lipinski definition) is 6. The second-order valence-corrected chi connectivity index (χ2v) is 8.77. The lowest BCUT2D eigenvalue weighted by molar-refractivity contribution is -0.119. The van der Waals surface area contributed by atoms with Crippen LogP contribution in [-0.4, -0.2) is 64.4 Å². The van der Waals surface area contributed by atoms with E-state index in [4.69, 9.17) is 9.47 Å². The second kappa shape index (κ2) is 8.82. The Morgan fingerprint density at radius 2 is 1.81 bits per heavy atom. The molecule has 1 saturated heterocycles. The third kappa shape index (κ3) is 4.29. The van der Waals surface area contributed by atoms with E-state index in [9.17, 15) is 9.59 Å². The van der Waals surface area contributed by atoms with Crippen LogP contribution in [0.15, 0.2) is 24.3 Å². The van der Waals surface area contributed by atoms with Gasteiger partial charge in [0.15, 0.2) is 17.2 Å². The zero-order chi connectivity index (χ0) is 22.1. The predicted molar refractivity (Wildman–Crippen MR) is 118 cm³/mol. The summed E-state index contributed by atoms with van der Waals surface area (Å²) >= 11 is 0. The molecule has 0 atom stereocenters. The van der Waals surface area contributed by atoms with Gasteiger partial charge in [0.25, 0.3) is 5.91 Å². The summed E-state index contributed by atoms with van der Waals surface area (Å²) in [5.74, 6) is 2.17. The maximum Gasteiger partial charge on any atom is 0.274 e. The summed E-state index contributed by atoms with van der Waals surface area (Å²) in [6.45, 7) is 3.95. The molecule has 0 radical (unpaired) electrons. The van der Waals surface area contributed by atoms with Crippen LogP contribution in [0.2, 0.25) is 0 Å². The number of aromatic nitrogens is 2. The lowest BCUT2D eigenvalue weighted by atomic mass is 10.1. The molecule has 3 heterocycles. The average Bonchev–Trinajstić information content (AvgIpc) is 3.55. The first kappa shape index (κ1) is 20.8. The fraction of sp³-hybridized carbons (Fsp3) is 0.522. The van der Waals surface area contributed by atoms with Crippen molar-refractivity contribution in [3.63, 3.8) is 0 Å². The average molecular weight is 440 g/mol. The van der Waals surface area contributed by atoms with E-state index < -0.39 is 0 Å². The van der Waals surface area contributed by atoms with Gasteiger partial charge in [0.2, 0.25) is 12.7 Å². The third-order valence-corrected chi connectivity index (χ3v) is 6.58. The van der Waals surface area contributed by atoms with E-state index in [-0.39, 0.29) is 24.5 Å². The van der Waals surface area contributed by atoms with Crippen molar-refractivity contribution < 1.29 is 19.1 Å². The van der Waals surface area contributed by atoms with Crippen LogP contribution < -0.4 is 14.8 Å². The number of nitrogens with one attached hydrogen (secondary N) is 1. The van der Waals surface area contributed by atoms with Gasteiger partial charge >= 0.3 is 0 Å². The first-order valence-electron chi connectivity index (χ1n) is 11.3. The quantitative estimate of drug-likeness (QED) is 0.769. The topological polar surface area (TPSA) is 88.9 Å². The highest BCUT2D eigenvalue weighted by Crippen LogP contribution is 2.33. The molecule has 5 rings (SSSR count). The van der Waals surface area contributed by atoms with E-state index in [0.717, 1.165) is 56.8 Å². The molecule has 1 aromatic heterocycles. The summed E-state index contributed by atoms with van der Waals surface area (Å²) < 4.78 is 12.4. The van der Waals surface area contributed by atoms with E-state index in [0.29, 0.717) is 24.6 Å². The molecule has 3 aliphatic rings. The first-order valence-corrected chi connectivity index (χ1v) is 11.3. The molecule has 2 amide bonds. The summed E-state index contributed by atoms with van der Waals surface area (Å²) in [4.78, 5) is 29.6. The highest BCUT2D eigenvalue weighted by Gasteiger charge is 2.27. The zero-order valence-corrected chi connectivity index (χ0v) is 18.4. The molecule has 1 aromatic carbocycles. The van der Waals surface area contributed by atoms with Gasteiger partial charge in [-0.25, -0.2) is 0 Å². The van der Waals surface area contributed by atoms with Crippen LogP contribution in [0.1, 0.15) is 41.7 Å². The van der Waals surface area contributed by atoms with Gasteiger partial charge in [0, 0.05) is 51.8 Å². The molecule has 32 heavy (non-hydrogen) atoms. The van der Waals surface area contributed by atoms with Gasteiger partial charge in [-0.3, -0.25) is 19.2 Å². The van der Waals surface area contributed by atoms with E-state index in [1.54, 1.807) is 17.8 Å². The minimum absolute atomic E-state index is 0.0293. The lowest BCUT2D eigenvalue weighted by Crippen LogP contribution is -2.48. The third-order valence-electron chi connectivity index (χ3n) is 6.58. The van der Waals surface area contributed by atoms with Gasteiger partial charge in [0.05, 0.1) is 0 Å². The maximum absolute atomic E-state index is 13.0. The van der Waals surface area contributed by atoms with E-state index in [1.165, 1.54) is 5.56 Å². The minimum Gasteiger partial charge on any atom is -0.454 e. The van der Waals surface area contributed by atoms with Crippen LogP contribution in [-0.2, 0) is 18.4 Å². The molecular formula is C23H29N5O4. The SMILES string of the molecule is Cn1nc(C(=O)N2CCN(Cc3ccc4c(c3)OCO4)CC2)cc1NC(=O)C1CCCC1. The number of rotatable bonds is 5. The molecule has 0 spiro atoms. The van der Waals surface area contributed by atoms with Gasteiger partial charge < -0.3 is 19.7 Å². The Bertz CT molecular complexity index is 1010. The standard InChI is InChI=1S/C23H29N5O4/c1-26-21(24-22(29)17-4-2-3-5-17)13-18(25-26)23(30)28-10-8-27(9-11-28)14-16-6-7-19-20(12-16)32-15-31-19/h6-7,12-13,17H,2-5,8-11,14-15H2,1H3,(H,24,29). The molecule has 9 heteroatoms. The molecule has 1 aliphatic carbocycles. The molecular weight excluding hydrogens is 410 g/mol. The van der Waals surface area contributed by atoms with Gasteiger partial charge in [-0.1, -0.05) is 18.9 Å². The molecule has 2 fully saturated rings. The molecule has 1 N–H and O–H groups in total. The van der Waals surface area contributed by atoms with Crippen molar-refractivity contribution in [2.75, 3.05) is 38.3 Å². The van der Waals surface area contributed by atoms with Crippen LogP contribution in [0.3, 0.4) is 0 Å². The Hall–Kier alpha value is -3.07. The number of carbonyl (C=O) groups is 2. The largest absolute Gasteiger partial charge is 0.454 e. The van der Waals surface area contributed by atoms with Crippen molar-refractivity contribution in [2.45, 2.75) is 32.2 Å². The Labute approximate surface area is 187 Å². The second-order valence-electron chi connectivity index (χ2n) is 8.77. The summed E-state index contributed by atoms with van der Waals surface area (Å²) in [6.07, 6.45) is 4.08. The molecule has 2 aliphatic heterocycles. The summed E-state index contributed by atoms with van der Waals surface area (Å²) in [6, 6.07) is 7.71. The molecule has 2 aromatic rings. The van der Waals surface area contributed by atoms with Gasteiger partial charge in [-0.2, -0.15) is 5.10 Å². The van der Waals surface area contributed by atoms with Crippen LogP contribution in [0.25, 0.3) is 0 Å². The van der Waals surface area contributed by atoms with Gasteiger partial charge in [-0.05, 0) is 30.5 Å². The molecule has 1 saturated carbocycles. The Balaban J connectivity index is 1.15.